The number of aromatic hydroxyl groups is 1. The number of benzene rings is 2. The second kappa shape index (κ2) is 7.62. The van der Waals surface area contributed by atoms with Crippen LogP contribution < -0.4 is 5.32 Å². The molecule has 0 bridgehead atoms. The second-order valence-corrected chi connectivity index (χ2v) is 7.75. The molecule has 3 heteroatoms. The normalized spacial score (nSPS) is 23.5. The summed E-state index contributed by atoms with van der Waals surface area (Å²) >= 11 is 1.88. The first-order valence-corrected chi connectivity index (χ1v) is 9.94. The first-order chi connectivity index (χ1) is 11.7. The molecule has 0 saturated heterocycles. The summed E-state index contributed by atoms with van der Waals surface area (Å²) in [6.07, 6.45) is 4.77. The molecule has 0 aliphatic carbocycles. The zero-order valence-electron chi connectivity index (χ0n) is 14.6. The number of fused-ring (bicyclic) bond motifs is 1. The highest BCUT2D eigenvalue weighted by atomic mass is 32.2. The predicted octanol–water partition coefficient (Wildman–Crippen LogP) is 5.52. The SMILES string of the molecule is CCCC[C@@]1(CC)CSc2cc(O)ccc2[C@H](c2ccccc2)N1. The lowest BCUT2D eigenvalue weighted by Crippen LogP contribution is -2.48. The molecule has 1 aliphatic rings. The zero-order chi connectivity index (χ0) is 17.0. The number of hydrogen-bond donors (Lipinski definition) is 2. The van der Waals surface area contributed by atoms with Crippen molar-refractivity contribution in [1.29, 1.82) is 0 Å². The molecule has 2 aromatic carbocycles. The summed E-state index contributed by atoms with van der Waals surface area (Å²) in [5.74, 6) is 1.40. The van der Waals surface area contributed by atoms with E-state index in [1.54, 1.807) is 0 Å². The molecule has 0 spiro atoms. The Labute approximate surface area is 149 Å². The van der Waals surface area contributed by atoms with E-state index in [-0.39, 0.29) is 11.6 Å². The van der Waals surface area contributed by atoms with Crippen molar-refractivity contribution in [3.63, 3.8) is 0 Å². The Bertz CT molecular complexity index is 673. The van der Waals surface area contributed by atoms with Gasteiger partial charge in [-0.2, -0.15) is 0 Å². The molecule has 0 unspecified atom stereocenters. The van der Waals surface area contributed by atoms with Crippen LogP contribution >= 0.6 is 11.8 Å². The summed E-state index contributed by atoms with van der Waals surface area (Å²) in [5.41, 5.74) is 2.70. The first-order valence-electron chi connectivity index (χ1n) is 8.96. The fraction of sp³-hybridized carbons (Fsp3) is 0.429. The van der Waals surface area contributed by atoms with Gasteiger partial charge in [0.05, 0.1) is 6.04 Å². The molecule has 2 N–H and O–H groups in total. The molecule has 1 heterocycles. The van der Waals surface area contributed by atoms with Crippen LogP contribution in [0.2, 0.25) is 0 Å². The van der Waals surface area contributed by atoms with Crippen LogP contribution in [0.1, 0.15) is 56.7 Å². The van der Waals surface area contributed by atoms with E-state index in [4.69, 9.17) is 0 Å². The van der Waals surface area contributed by atoms with Gasteiger partial charge >= 0.3 is 0 Å². The third-order valence-corrected chi connectivity index (χ3v) is 6.44. The predicted molar refractivity (Wildman–Crippen MR) is 103 cm³/mol. The number of hydrogen-bond acceptors (Lipinski definition) is 3. The maximum Gasteiger partial charge on any atom is 0.116 e. The largest absolute Gasteiger partial charge is 0.508 e. The number of unbranched alkanes of at least 4 members (excludes halogenated alkanes) is 1. The summed E-state index contributed by atoms with van der Waals surface area (Å²) in [6, 6.07) is 16.7. The van der Waals surface area contributed by atoms with Crippen molar-refractivity contribution in [1.82, 2.24) is 5.32 Å². The van der Waals surface area contributed by atoms with Crippen LogP contribution in [0, 0.1) is 0 Å². The van der Waals surface area contributed by atoms with Crippen LogP contribution in [-0.2, 0) is 0 Å². The van der Waals surface area contributed by atoms with Gasteiger partial charge < -0.3 is 5.11 Å². The first kappa shape index (κ1) is 17.4. The summed E-state index contributed by atoms with van der Waals surface area (Å²) in [5, 5.41) is 13.9. The Morgan fingerprint density at radius 2 is 1.96 bits per heavy atom. The Balaban J connectivity index is 2.04. The number of thioether (sulfide) groups is 1. The molecule has 3 rings (SSSR count). The van der Waals surface area contributed by atoms with Crippen molar-refractivity contribution in [2.45, 2.75) is 56.0 Å². The van der Waals surface area contributed by atoms with Crippen molar-refractivity contribution in [3.8, 4) is 5.75 Å². The highest BCUT2D eigenvalue weighted by Gasteiger charge is 2.35. The third kappa shape index (κ3) is 3.62. The molecule has 128 valence electrons. The van der Waals surface area contributed by atoms with Crippen LogP contribution in [0.3, 0.4) is 0 Å². The van der Waals surface area contributed by atoms with Gasteiger partial charge in [0, 0.05) is 16.2 Å². The minimum absolute atomic E-state index is 0.135. The van der Waals surface area contributed by atoms with Crippen LogP contribution in [0.25, 0.3) is 0 Å². The topological polar surface area (TPSA) is 32.3 Å². The highest BCUT2D eigenvalue weighted by molar-refractivity contribution is 7.99. The highest BCUT2D eigenvalue weighted by Crippen LogP contribution is 2.41. The van der Waals surface area contributed by atoms with Gasteiger partial charge in [-0.3, -0.25) is 5.32 Å². The van der Waals surface area contributed by atoms with Crippen molar-refractivity contribution < 1.29 is 5.11 Å². The number of phenols is 1. The molecule has 0 fully saturated rings. The van der Waals surface area contributed by atoms with Crippen molar-refractivity contribution in [2.24, 2.45) is 0 Å². The summed E-state index contributed by atoms with van der Waals surface area (Å²) in [7, 11) is 0. The number of nitrogens with one attached hydrogen (secondary N) is 1. The Morgan fingerprint density at radius 1 is 1.17 bits per heavy atom. The van der Waals surface area contributed by atoms with Gasteiger partial charge in [-0.1, -0.05) is 63.1 Å². The quantitative estimate of drug-likeness (QED) is 0.751. The smallest absolute Gasteiger partial charge is 0.116 e. The molecule has 0 saturated carbocycles. The maximum absolute atomic E-state index is 9.93. The molecule has 2 aromatic rings. The molecule has 0 aromatic heterocycles. The average Bonchev–Trinajstić information content (AvgIpc) is 2.78. The summed E-state index contributed by atoms with van der Waals surface area (Å²) in [6.45, 7) is 4.55. The standard InChI is InChI=1S/C21H27NOS/c1-3-5-13-21(4-2)15-24-19-14-17(23)11-12-18(19)20(22-21)16-9-7-6-8-10-16/h6-12,14,20,22-23H,3-5,13,15H2,1-2H3/t20-,21-/m0/s1. The van der Waals surface area contributed by atoms with Gasteiger partial charge in [-0.25, -0.2) is 0 Å². The minimum atomic E-state index is 0.135. The second-order valence-electron chi connectivity index (χ2n) is 6.74. The van der Waals surface area contributed by atoms with E-state index in [1.165, 1.54) is 35.3 Å². The van der Waals surface area contributed by atoms with E-state index in [1.807, 2.05) is 23.9 Å². The van der Waals surface area contributed by atoms with Crippen LogP contribution in [0.4, 0.5) is 0 Å². The Kier molecular flexibility index (Phi) is 5.52. The van der Waals surface area contributed by atoms with Crippen LogP contribution in [0.5, 0.6) is 5.75 Å². The van der Waals surface area contributed by atoms with E-state index in [0.29, 0.717) is 5.75 Å². The minimum Gasteiger partial charge on any atom is -0.508 e. The third-order valence-electron chi connectivity index (χ3n) is 5.08. The van der Waals surface area contributed by atoms with Crippen LogP contribution in [-0.4, -0.2) is 16.4 Å². The van der Waals surface area contributed by atoms with Gasteiger partial charge in [-0.05, 0) is 36.1 Å². The Hall–Kier alpha value is -1.45. The molecular weight excluding hydrogens is 314 g/mol. The Morgan fingerprint density at radius 3 is 2.67 bits per heavy atom. The molecular formula is C21H27NOS. The van der Waals surface area contributed by atoms with E-state index >= 15 is 0 Å². The van der Waals surface area contributed by atoms with Gasteiger partial charge in [0.2, 0.25) is 0 Å². The summed E-state index contributed by atoms with van der Waals surface area (Å²) in [4.78, 5) is 1.20. The number of phenolic OH excluding ortho intramolecular Hbond substituents is 1. The van der Waals surface area contributed by atoms with Gasteiger partial charge in [0.25, 0.3) is 0 Å². The monoisotopic (exact) mass is 341 g/mol. The fourth-order valence-electron chi connectivity index (χ4n) is 3.48. The van der Waals surface area contributed by atoms with Crippen molar-refractivity contribution in [2.75, 3.05) is 5.75 Å². The lowest BCUT2D eigenvalue weighted by molar-refractivity contribution is 0.298. The zero-order valence-corrected chi connectivity index (χ0v) is 15.4. The van der Waals surface area contributed by atoms with Gasteiger partial charge in [0.15, 0.2) is 0 Å². The van der Waals surface area contributed by atoms with E-state index < -0.39 is 0 Å². The van der Waals surface area contributed by atoms with Crippen molar-refractivity contribution >= 4 is 11.8 Å². The van der Waals surface area contributed by atoms with Crippen LogP contribution in [0.15, 0.2) is 53.4 Å². The lowest BCUT2D eigenvalue weighted by Gasteiger charge is -2.36. The van der Waals surface area contributed by atoms with Gasteiger partial charge in [-0.15, -0.1) is 11.8 Å². The number of rotatable bonds is 5. The van der Waals surface area contributed by atoms with Crippen molar-refractivity contribution in [3.05, 3.63) is 59.7 Å². The van der Waals surface area contributed by atoms with E-state index in [2.05, 4.69) is 55.6 Å². The lowest BCUT2D eigenvalue weighted by atomic mass is 9.88. The summed E-state index contributed by atoms with van der Waals surface area (Å²) < 4.78 is 0. The van der Waals surface area contributed by atoms with E-state index in [0.717, 1.165) is 12.2 Å². The molecule has 1 aliphatic heterocycles. The maximum atomic E-state index is 9.93. The molecule has 0 amide bonds. The fourth-order valence-corrected chi connectivity index (χ4v) is 4.90. The molecule has 24 heavy (non-hydrogen) atoms. The molecule has 0 radical (unpaired) electrons. The molecule has 2 nitrogen and oxygen atoms in total. The molecule has 2 atom stereocenters. The van der Waals surface area contributed by atoms with Gasteiger partial charge in [0.1, 0.15) is 5.75 Å². The van der Waals surface area contributed by atoms with E-state index in [9.17, 15) is 5.11 Å². The average molecular weight is 342 g/mol.